The molecule has 2 aromatic rings. The van der Waals surface area contributed by atoms with Crippen molar-refractivity contribution in [2.45, 2.75) is 0 Å². The van der Waals surface area contributed by atoms with Crippen LogP contribution in [-0.2, 0) is 0 Å². The number of ether oxygens (including phenoxy) is 4. The van der Waals surface area contributed by atoms with Gasteiger partial charge in [-0.15, -0.1) is 0 Å². The molecular formula is C13H16N4O5. The molecule has 0 aliphatic carbocycles. The van der Waals surface area contributed by atoms with E-state index in [1.165, 1.54) is 28.4 Å². The second kappa shape index (κ2) is 6.20. The summed E-state index contributed by atoms with van der Waals surface area (Å²) in [7, 11) is 5.87. The molecule has 1 aromatic carbocycles. The molecule has 1 heterocycles. The third-order valence-corrected chi connectivity index (χ3v) is 3.03. The van der Waals surface area contributed by atoms with Gasteiger partial charge in [0.05, 0.1) is 34.0 Å². The molecule has 1 aromatic heterocycles. The maximum Gasteiger partial charge on any atom is 0.271 e. The van der Waals surface area contributed by atoms with E-state index in [0.29, 0.717) is 22.8 Å². The van der Waals surface area contributed by atoms with Crippen LogP contribution in [0.1, 0.15) is 10.5 Å². The fourth-order valence-electron chi connectivity index (χ4n) is 2.10. The van der Waals surface area contributed by atoms with E-state index in [1.54, 1.807) is 6.07 Å². The summed E-state index contributed by atoms with van der Waals surface area (Å²) in [4.78, 5) is 11.5. The zero-order chi connectivity index (χ0) is 16.3. The number of benzene rings is 1. The zero-order valence-corrected chi connectivity index (χ0v) is 12.6. The summed E-state index contributed by atoms with van der Waals surface area (Å²) in [5, 5.41) is 10.1. The van der Waals surface area contributed by atoms with E-state index < -0.39 is 5.91 Å². The van der Waals surface area contributed by atoms with Crippen molar-refractivity contribution in [3.8, 4) is 34.3 Å². The molecule has 0 aliphatic heterocycles. The van der Waals surface area contributed by atoms with Crippen LogP contribution in [-0.4, -0.2) is 49.8 Å². The highest BCUT2D eigenvalue weighted by Gasteiger charge is 2.28. The van der Waals surface area contributed by atoms with Crippen molar-refractivity contribution in [1.82, 2.24) is 15.4 Å². The lowest BCUT2D eigenvalue weighted by molar-refractivity contribution is 0.0996. The molecule has 0 fully saturated rings. The Morgan fingerprint density at radius 1 is 1.00 bits per heavy atom. The quantitative estimate of drug-likeness (QED) is 0.801. The van der Waals surface area contributed by atoms with Crippen molar-refractivity contribution in [3.63, 3.8) is 0 Å². The highest BCUT2D eigenvalue weighted by molar-refractivity contribution is 5.99. The number of primary amides is 1. The normalized spacial score (nSPS) is 10.2. The number of hydrogen-bond acceptors (Lipinski definition) is 7. The van der Waals surface area contributed by atoms with E-state index in [1.807, 2.05) is 0 Å². The van der Waals surface area contributed by atoms with Crippen LogP contribution in [0.4, 0.5) is 0 Å². The van der Waals surface area contributed by atoms with Crippen LogP contribution in [0.2, 0.25) is 0 Å². The van der Waals surface area contributed by atoms with Crippen molar-refractivity contribution >= 4 is 5.91 Å². The topological polar surface area (TPSA) is 122 Å². The smallest absolute Gasteiger partial charge is 0.271 e. The van der Waals surface area contributed by atoms with Gasteiger partial charge >= 0.3 is 0 Å². The Balaban J connectivity index is 2.83. The average molecular weight is 308 g/mol. The third kappa shape index (κ3) is 2.36. The van der Waals surface area contributed by atoms with Crippen molar-refractivity contribution in [2.24, 2.45) is 5.73 Å². The number of methoxy groups -OCH3 is 4. The summed E-state index contributed by atoms with van der Waals surface area (Å²) in [6.45, 7) is 0. The number of H-pyrrole nitrogens is 1. The van der Waals surface area contributed by atoms with Gasteiger partial charge in [-0.25, -0.2) is 0 Å². The maximum absolute atomic E-state index is 11.5. The number of nitrogens with zero attached hydrogens (tertiary/aromatic N) is 2. The summed E-state index contributed by atoms with van der Waals surface area (Å²) in [6, 6.07) is 1.59. The molecule has 0 radical (unpaired) electrons. The predicted molar refractivity (Wildman–Crippen MR) is 76.5 cm³/mol. The summed E-state index contributed by atoms with van der Waals surface area (Å²) >= 11 is 0. The second-order valence-corrected chi connectivity index (χ2v) is 4.11. The molecule has 0 saturated heterocycles. The Morgan fingerprint density at radius 3 is 2.14 bits per heavy atom. The van der Waals surface area contributed by atoms with E-state index >= 15 is 0 Å². The molecule has 0 unspecified atom stereocenters. The van der Waals surface area contributed by atoms with Crippen LogP contribution in [0, 0.1) is 0 Å². The SMILES string of the molecule is COc1cc(OC)c(-c2n[nH]nc2C(N)=O)c(OC)c1OC. The standard InChI is InChI=1S/C13H16N4O5/c1-19-6-5-7(20-2)11(21-3)12(22-4)8(6)9-10(13(14)18)16-17-15-9/h5H,1-4H3,(H2,14,18)(H,15,16,17). The molecule has 0 aliphatic rings. The number of amides is 1. The van der Waals surface area contributed by atoms with Gasteiger partial charge in [-0.05, 0) is 0 Å². The van der Waals surface area contributed by atoms with E-state index in [9.17, 15) is 4.79 Å². The molecule has 22 heavy (non-hydrogen) atoms. The molecular weight excluding hydrogens is 292 g/mol. The van der Waals surface area contributed by atoms with Crippen molar-refractivity contribution in [2.75, 3.05) is 28.4 Å². The first-order valence-corrected chi connectivity index (χ1v) is 6.16. The minimum atomic E-state index is -0.734. The number of carbonyl (C=O) groups is 1. The van der Waals surface area contributed by atoms with Crippen molar-refractivity contribution in [3.05, 3.63) is 11.8 Å². The maximum atomic E-state index is 11.5. The van der Waals surface area contributed by atoms with E-state index in [0.717, 1.165) is 0 Å². The van der Waals surface area contributed by atoms with Crippen LogP contribution < -0.4 is 24.7 Å². The van der Waals surface area contributed by atoms with E-state index in [-0.39, 0.29) is 17.1 Å². The van der Waals surface area contributed by atoms with E-state index in [4.69, 9.17) is 24.7 Å². The fourth-order valence-corrected chi connectivity index (χ4v) is 2.10. The second-order valence-electron chi connectivity index (χ2n) is 4.11. The monoisotopic (exact) mass is 308 g/mol. The lowest BCUT2D eigenvalue weighted by Crippen LogP contribution is -2.13. The van der Waals surface area contributed by atoms with Crippen LogP contribution in [0.25, 0.3) is 11.3 Å². The Labute approximate surface area is 126 Å². The van der Waals surface area contributed by atoms with Gasteiger partial charge in [0.2, 0.25) is 5.75 Å². The molecule has 3 N–H and O–H groups in total. The number of hydrogen-bond donors (Lipinski definition) is 2. The first-order chi connectivity index (χ1) is 10.6. The summed E-state index contributed by atoms with van der Waals surface area (Å²) < 4.78 is 21.3. The van der Waals surface area contributed by atoms with Crippen LogP contribution in [0.5, 0.6) is 23.0 Å². The number of aromatic amines is 1. The average Bonchev–Trinajstić information content (AvgIpc) is 3.01. The first-order valence-electron chi connectivity index (χ1n) is 6.16. The van der Waals surface area contributed by atoms with Crippen LogP contribution in [0.15, 0.2) is 6.07 Å². The van der Waals surface area contributed by atoms with Gasteiger partial charge < -0.3 is 24.7 Å². The molecule has 0 bridgehead atoms. The molecule has 1 amide bonds. The molecule has 0 spiro atoms. The van der Waals surface area contributed by atoms with Gasteiger partial charge in [-0.1, -0.05) is 0 Å². The number of rotatable bonds is 6. The van der Waals surface area contributed by atoms with Crippen LogP contribution in [0.3, 0.4) is 0 Å². The lowest BCUT2D eigenvalue weighted by Gasteiger charge is -2.18. The number of nitrogens with two attached hydrogens (primary N) is 1. The molecule has 2 rings (SSSR count). The molecule has 118 valence electrons. The van der Waals surface area contributed by atoms with Gasteiger partial charge in [0, 0.05) is 6.07 Å². The summed E-state index contributed by atoms with van der Waals surface area (Å²) in [5.41, 5.74) is 5.85. The number of carbonyl (C=O) groups excluding carboxylic acids is 1. The van der Waals surface area contributed by atoms with Gasteiger partial charge in [0.1, 0.15) is 11.4 Å². The van der Waals surface area contributed by atoms with E-state index in [2.05, 4.69) is 15.4 Å². The Morgan fingerprint density at radius 2 is 1.64 bits per heavy atom. The highest BCUT2D eigenvalue weighted by atomic mass is 16.5. The number of nitrogens with one attached hydrogen (secondary N) is 1. The Kier molecular flexibility index (Phi) is 4.35. The van der Waals surface area contributed by atoms with Gasteiger partial charge in [-0.2, -0.15) is 15.4 Å². The predicted octanol–water partition coefficient (Wildman–Crippen LogP) is 0.605. The van der Waals surface area contributed by atoms with Gasteiger partial charge in [0.25, 0.3) is 5.91 Å². The summed E-state index contributed by atoms with van der Waals surface area (Å²) in [5.74, 6) is 0.659. The van der Waals surface area contributed by atoms with Gasteiger partial charge in [-0.3, -0.25) is 4.79 Å². The fraction of sp³-hybridized carbons (Fsp3) is 0.308. The van der Waals surface area contributed by atoms with Gasteiger partial charge in [0.15, 0.2) is 17.2 Å². The van der Waals surface area contributed by atoms with Crippen LogP contribution >= 0.6 is 0 Å². The molecule has 0 atom stereocenters. The summed E-state index contributed by atoms with van der Waals surface area (Å²) in [6.07, 6.45) is 0. The molecule has 0 saturated carbocycles. The highest BCUT2D eigenvalue weighted by Crippen LogP contribution is 2.49. The molecule has 9 nitrogen and oxygen atoms in total. The lowest BCUT2D eigenvalue weighted by atomic mass is 10.1. The zero-order valence-electron chi connectivity index (χ0n) is 12.6. The minimum Gasteiger partial charge on any atom is -0.496 e. The number of aromatic nitrogens is 3. The third-order valence-electron chi connectivity index (χ3n) is 3.03. The largest absolute Gasteiger partial charge is 0.496 e. The Bertz CT molecular complexity index is 698. The van der Waals surface area contributed by atoms with Crippen molar-refractivity contribution in [1.29, 1.82) is 0 Å². The molecule has 9 heteroatoms. The minimum absolute atomic E-state index is 0.0381. The Hall–Kier alpha value is -2.97. The van der Waals surface area contributed by atoms with Crippen molar-refractivity contribution < 1.29 is 23.7 Å². The first kappa shape index (κ1) is 15.4.